The molecule has 0 aliphatic heterocycles. The van der Waals surface area contributed by atoms with E-state index in [0.29, 0.717) is 13.2 Å². The van der Waals surface area contributed by atoms with Gasteiger partial charge in [-0.1, -0.05) is 74.5 Å². The van der Waals surface area contributed by atoms with Crippen molar-refractivity contribution in [3.63, 3.8) is 0 Å². The first-order chi connectivity index (χ1) is 13.4. The fraction of sp³-hybridized carbons (Fsp3) is 0.917. The van der Waals surface area contributed by atoms with Crippen LogP contribution in [0.1, 0.15) is 62.3 Å². The molecule has 0 aromatic heterocycles. The molecule has 1 N–H and O–H groups in total. The Morgan fingerprint density at radius 3 is 1.32 bits per heavy atom. The highest BCUT2D eigenvalue weighted by Gasteiger charge is 2.41. The largest absolute Gasteiger partial charge is 0.414 e. The van der Waals surface area contributed by atoms with Crippen LogP contribution in [0.25, 0.3) is 0 Å². The molecule has 0 rings (SSSR count). The molecule has 0 amide bonds. The maximum atomic E-state index is 10.6. The summed E-state index contributed by atoms with van der Waals surface area (Å²) >= 11 is 0. The van der Waals surface area contributed by atoms with Crippen LogP contribution in [0.2, 0.25) is 54.4 Å². The third kappa shape index (κ3) is 9.94. The summed E-state index contributed by atoms with van der Waals surface area (Å²) in [6.45, 7) is 34.4. The van der Waals surface area contributed by atoms with Crippen molar-refractivity contribution < 1.29 is 18.4 Å². The van der Waals surface area contributed by atoms with Crippen LogP contribution in [0.15, 0.2) is 12.2 Å². The molecule has 0 aromatic rings. The van der Waals surface area contributed by atoms with Crippen molar-refractivity contribution in [2.45, 2.75) is 129 Å². The minimum absolute atomic E-state index is 0.111. The topological polar surface area (TPSA) is 47.9 Å². The molecule has 4 nitrogen and oxygen atoms in total. The van der Waals surface area contributed by atoms with Gasteiger partial charge in [0, 0.05) is 0 Å². The number of aliphatic hydroxyl groups excluding tert-OH is 1. The monoisotopic (exact) mass is 490 g/mol. The first-order valence-electron chi connectivity index (χ1n) is 11.8. The van der Waals surface area contributed by atoms with Gasteiger partial charge < -0.3 is 18.4 Å². The van der Waals surface area contributed by atoms with Gasteiger partial charge in [-0.3, -0.25) is 0 Å². The van der Waals surface area contributed by atoms with Gasteiger partial charge in [-0.05, 0) is 54.4 Å². The molecule has 0 radical (unpaired) electrons. The van der Waals surface area contributed by atoms with Gasteiger partial charge in [0.2, 0.25) is 0 Å². The zero-order chi connectivity index (χ0) is 25.1. The molecule has 186 valence electrons. The molecule has 0 unspecified atom stereocenters. The van der Waals surface area contributed by atoms with E-state index in [9.17, 15) is 5.11 Å². The molecule has 2 atom stereocenters. The Kier molecular flexibility index (Phi) is 10.7. The van der Waals surface area contributed by atoms with Crippen LogP contribution in [0.4, 0.5) is 0 Å². The van der Waals surface area contributed by atoms with Crippen molar-refractivity contribution in [2.75, 3.05) is 13.2 Å². The van der Waals surface area contributed by atoms with E-state index in [-0.39, 0.29) is 21.2 Å². The molecule has 0 aliphatic rings. The SMILES string of the molecule is CC(C)(C)[Si](C)(C)OC[C@@H](O)/C=C/[C@@H](CO[Si](C)(C)C(C)(C)C)O[Si](C)(C)C(C)(C)C. The third-order valence-electron chi connectivity index (χ3n) is 7.64. The summed E-state index contributed by atoms with van der Waals surface area (Å²) in [5.74, 6) is 0. The summed E-state index contributed by atoms with van der Waals surface area (Å²) in [5, 5.41) is 11.0. The molecule has 0 bridgehead atoms. The minimum Gasteiger partial charge on any atom is -0.414 e. The van der Waals surface area contributed by atoms with Crippen LogP contribution >= 0.6 is 0 Å². The van der Waals surface area contributed by atoms with Crippen LogP contribution < -0.4 is 0 Å². The Hall–Kier alpha value is 0.231. The summed E-state index contributed by atoms with van der Waals surface area (Å²) in [6, 6.07) is 0. The Morgan fingerprint density at radius 2 is 0.968 bits per heavy atom. The second-order valence-electron chi connectivity index (χ2n) is 13.5. The van der Waals surface area contributed by atoms with E-state index in [0.717, 1.165) is 0 Å². The number of hydrogen-bond acceptors (Lipinski definition) is 4. The summed E-state index contributed by atoms with van der Waals surface area (Å²) in [7, 11) is -5.75. The lowest BCUT2D eigenvalue weighted by molar-refractivity contribution is 0.126. The standard InChI is InChI=1S/C24H54O4Si3/c1-22(2,3)29(10,11)26-18-20(25)16-17-21(28-31(14,15)24(7,8)9)19-27-30(12,13)23(4,5)6/h16-17,20-21,25H,18-19H2,1-15H3/b17-16+/t20-,21-/m0/s1. The van der Waals surface area contributed by atoms with E-state index in [1.165, 1.54) is 0 Å². The Bertz CT molecular complexity index is 579. The third-order valence-corrected chi connectivity index (χ3v) is 21.1. The van der Waals surface area contributed by atoms with Crippen LogP contribution in [-0.4, -0.2) is 55.5 Å². The van der Waals surface area contributed by atoms with E-state index < -0.39 is 31.1 Å². The lowest BCUT2D eigenvalue weighted by Crippen LogP contribution is -2.47. The normalized spacial score (nSPS) is 17.3. The van der Waals surface area contributed by atoms with Crippen LogP contribution in [0.5, 0.6) is 0 Å². The van der Waals surface area contributed by atoms with Crippen molar-refractivity contribution in [1.29, 1.82) is 0 Å². The molecule has 7 heteroatoms. The minimum atomic E-state index is -1.98. The molecule has 31 heavy (non-hydrogen) atoms. The lowest BCUT2D eigenvalue weighted by atomic mass is 10.2. The van der Waals surface area contributed by atoms with E-state index >= 15 is 0 Å². The second-order valence-corrected chi connectivity index (χ2v) is 27.9. The zero-order valence-electron chi connectivity index (χ0n) is 23.4. The van der Waals surface area contributed by atoms with Crippen LogP contribution in [0, 0.1) is 0 Å². The van der Waals surface area contributed by atoms with Crippen LogP contribution in [-0.2, 0) is 13.3 Å². The fourth-order valence-electron chi connectivity index (χ4n) is 2.01. The number of aliphatic hydroxyl groups is 1. The maximum Gasteiger partial charge on any atom is 0.192 e. The average Bonchev–Trinajstić information content (AvgIpc) is 2.52. The van der Waals surface area contributed by atoms with Crippen molar-refractivity contribution >= 4 is 25.0 Å². The van der Waals surface area contributed by atoms with Gasteiger partial charge >= 0.3 is 0 Å². The van der Waals surface area contributed by atoms with Gasteiger partial charge in [-0.15, -0.1) is 0 Å². The van der Waals surface area contributed by atoms with Gasteiger partial charge in [0.15, 0.2) is 25.0 Å². The molecule has 0 saturated carbocycles. The highest BCUT2D eigenvalue weighted by molar-refractivity contribution is 6.75. The summed E-state index contributed by atoms with van der Waals surface area (Å²) in [4.78, 5) is 0. The molecular weight excluding hydrogens is 437 g/mol. The molecular formula is C24H54O4Si3. The quantitative estimate of drug-likeness (QED) is 0.257. The van der Waals surface area contributed by atoms with E-state index in [1.54, 1.807) is 0 Å². The van der Waals surface area contributed by atoms with Gasteiger partial charge in [0.05, 0.1) is 25.4 Å². The van der Waals surface area contributed by atoms with Crippen molar-refractivity contribution in [1.82, 2.24) is 0 Å². The lowest BCUT2D eigenvalue weighted by Gasteiger charge is -2.41. The van der Waals surface area contributed by atoms with Gasteiger partial charge in [-0.25, -0.2) is 0 Å². The Labute approximate surface area is 197 Å². The molecule has 0 aromatic carbocycles. The van der Waals surface area contributed by atoms with E-state index in [4.69, 9.17) is 13.3 Å². The zero-order valence-corrected chi connectivity index (χ0v) is 26.4. The molecule has 0 saturated heterocycles. The molecule has 0 fully saturated rings. The van der Waals surface area contributed by atoms with Gasteiger partial charge in [0.1, 0.15) is 0 Å². The first kappa shape index (κ1) is 31.2. The number of hydrogen-bond donors (Lipinski definition) is 1. The van der Waals surface area contributed by atoms with Gasteiger partial charge in [0.25, 0.3) is 0 Å². The van der Waals surface area contributed by atoms with E-state index in [1.807, 2.05) is 12.2 Å². The summed E-state index contributed by atoms with van der Waals surface area (Å²) in [5.41, 5.74) is 0. The Balaban J connectivity index is 5.38. The highest BCUT2D eigenvalue weighted by Crippen LogP contribution is 2.39. The molecule has 0 spiro atoms. The van der Waals surface area contributed by atoms with Crippen molar-refractivity contribution in [3.8, 4) is 0 Å². The smallest absolute Gasteiger partial charge is 0.192 e. The summed E-state index contributed by atoms with van der Waals surface area (Å²) < 4.78 is 19.3. The first-order valence-corrected chi connectivity index (χ1v) is 20.5. The van der Waals surface area contributed by atoms with Crippen LogP contribution in [0.3, 0.4) is 0 Å². The van der Waals surface area contributed by atoms with E-state index in [2.05, 4.69) is 102 Å². The number of rotatable bonds is 10. The highest BCUT2D eigenvalue weighted by atomic mass is 28.4. The van der Waals surface area contributed by atoms with Crippen molar-refractivity contribution in [2.24, 2.45) is 0 Å². The molecule has 0 aliphatic carbocycles. The predicted octanol–water partition coefficient (Wildman–Crippen LogP) is 7.34. The predicted molar refractivity (Wildman–Crippen MR) is 144 cm³/mol. The Morgan fingerprint density at radius 1 is 0.613 bits per heavy atom. The second kappa shape index (κ2) is 10.7. The average molecular weight is 491 g/mol. The van der Waals surface area contributed by atoms with Crippen molar-refractivity contribution in [3.05, 3.63) is 12.2 Å². The molecule has 0 heterocycles. The fourth-order valence-corrected chi connectivity index (χ4v) is 5.30. The maximum absolute atomic E-state index is 10.6. The van der Waals surface area contributed by atoms with Gasteiger partial charge in [-0.2, -0.15) is 0 Å². The summed E-state index contributed by atoms with van der Waals surface area (Å²) in [6.07, 6.45) is 3.01.